The summed E-state index contributed by atoms with van der Waals surface area (Å²) < 4.78 is 4.94. The van der Waals surface area contributed by atoms with Gasteiger partial charge in [0.15, 0.2) is 6.61 Å². The number of esters is 1. The standard InChI is InChI=1S/C15H17ClN2O5/c16-11-5-6-12(13(9-11)18(21)22)15(20)23-10-14(19)17-7-3-1-2-4-8-17/h5-6,9H,1-4,7-8,10H2. The highest BCUT2D eigenvalue weighted by Crippen LogP contribution is 2.24. The molecule has 1 aliphatic heterocycles. The smallest absolute Gasteiger partial charge is 0.345 e. The number of carbonyl (C=O) groups is 2. The normalized spacial score (nSPS) is 14.9. The Balaban J connectivity index is 1.99. The van der Waals surface area contributed by atoms with Gasteiger partial charge < -0.3 is 9.64 Å². The molecular weight excluding hydrogens is 324 g/mol. The lowest BCUT2D eigenvalue weighted by molar-refractivity contribution is -0.385. The van der Waals surface area contributed by atoms with Gasteiger partial charge in [-0.1, -0.05) is 24.4 Å². The lowest BCUT2D eigenvalue weighted by Crippen LogP contribution is -2.35. The van der Waals surface area contributed by atoms with Crippen LogP contribution >= 0.6 is 11.6 Å². The van der Waals surface area contributed by atoms with E-state index < -0.39 is 23.2 Å². The van der Waals surface area contributed by atoms with Gasteiger partial charge in [0.1, 0.15) is 5.56 Å². The molecule has 1 heterocycles. The number of nitro groups is 1. The Morgan fingerprint density at radius 2 is 1.87 bits per heavy atom. The predicted octanol–water partition coefficient (Wildman–Crippen LogP) is 2.81. The molecule has 2 rings (SSSR count). The average molecular weight is 341 g/mol. The summed E-state index contributed by atoms with van der Waals surface area (Å²) in [5.41, 5.74) is -0.659. The van der Waals surface area contributed by atoms with E-state index in [-0.39, 0.29) is 16.5 Å². The van der Waals surface area contributed by atoms with E-state index in [1.165, 1.54) is 12.1 Å². The lowest BCUT2D eigenvalue weighted by Gasteiger charge is -2.19. The molecule has 0 N–H and O–H groups in total. The lowest BCUT2D eigenvalue weighted by atomic mass is 10.2. The summed E-state index contributed by atoms with van der Waals surface area (Å²) in [5.74, 6) is -1.19. The molecule has 0 saturated carbocycles. The number of halogens is 1. The van der Waals surface area contributed by atoms with E-state index in [9.17, 15) is 19.7 Å². The molecule has 1 amide bonds. The Kier molecular flexibility index (Phi) is 5.92. The Labute approximate surface area is 138 Å². The maximum absolute atomic E-state index is 12.1. The number of carbonyl (C=O) groups excluding carboxylic acids is 2. The number of likely N-dealkylation sites (tertiary alicyclic amines) is 1. The quantitative estimate of drug-likeness (QED) is 0.477. The van der Waals surface area contributed by atoms with E-state index in [4.69, 9.17) is 16.3 Å². The second-order valence-electron chi connectivity index (χ2n) is 5.29. The van der Waals surface area contributed by atoms with E-state index in [1.54, 1.807) is 4.90 Å². The van der Waals surface area contributed by atoms with Gasteiger partial charge in [0.2, 0.25) is 0 Å². The van der Waals surface area contributed by atoms with Crippen LogP contribution in [0.3, 0.4) is 0 Å². The highest BCUT2D eigenvalue weighted by molar-refractivity contribution is 6.31. The van der Waals surface area contributed by atoms with Crippen molar-refractivity contribution >= 4 is 29.2 Å². The van der Waals surface area contributed by atoms with E-state index in [2.05, 4.69) is 0 Å². The van der Waals surface area contributed by atoms with Crippen molar-refractivity contribution in [3.8, 4) is 0 Å². The minimum Gasteiger partial charge on any atom is -0.452 e. The Bertz CT molecular complexity index is 612. The summed E-state index contributed by atoms with van der Waals surface area (Å²) in [7, 11) is 0. The minimum absolute atomic E-state index is 0.147. The summed E-state index contributed by atoms with van der Waals surface area (Å²) in [6.07, 6.45) is 4.03. The van der Waals surface area contributed by atoms with Crippen molar-refractivity contribution in [2.24, 2.45) is 0 Å². The number of rotatable bonds is 4. The number of benzene rings is 1. The first-order valence-electron chi connectivity index (χ1n) is 7.38. The van der Waals surface area contributed by atoms with Crippen molar-refractivity contribution in [2.75, 3.05) is 19.7 Å². The van der Waals surface area contributed by atoms with Gasteiger partial charge in [-0.25, -0.2) is 4.79 Å². The molecule has 0 atom stereocenters. The number of nitro benzene ring substituents is 1. The van der Waals surface area contributed by atoms with Crippen molar-refractivity contribution in [1.29, 1.82) is 0 Å². The second-order valence-corrected chi connectivity index (χ2v) is 5.73. The molecule has 7 nitrogen and oxygen atoms in total. The first-order valence-corrected chi connectivity index (χ1v) is 7.75. The SMILES string of the molecule is O=C(OCC(=O)N1CCCCCC1)c1ccc(Cl)cc1[N+](=O)[O-]. The van der Waals surface area contributed by atoms with Crippen molar-refractivity contribution < 1.29 is 19.2 Å². The first kappa shape index (κ1) is 17.2. The van der Waals surface area contributed by atoms with Crippen LogP contribution in [0.25, 0.3) is 0 Å². The number of ether oxygens (including phenoxy) is 1. The summed E-state index contributed by atoms with van der Waals surface area (Å²) in [6.45, 7) is 0.883. The molecule has 0 radical (unpaired) electrons. The van der Waals surface area contributed by atoms with E-state index in [1.807, 2.05) is 0 Å². The fourth-order valence-electron chi connectivity index (χ4n) is 2.44. The van der Waals surface area contributed by atoms with Crippen LogP contribution in [-0.2, 0) is 9.53 Å². The van der Waals surface area contributed by atoms with Crippen LogP contribution in [0.5, 0.6) is 0 Å². The molecular formula is C15H17ClN2O5. The van der Waals surface area contributed by atoms with Crippen LogP contribution in [0, 0.1) is 10.1 Å². The molecule has 0 aromatic heterocycles. The fourth-order valence-corrected chi connectivity index (χ4v) is 2.61. The first-order chi connectivity index (χ1) is 11.0. The van der Waals surface area contributed by atoms with Crippen molar-refractivity contribution in [2.45, 2.75) is 25.7 Å². The summed E-state index contributed by atoms with van der Waals surface area (Å²) in [4.78, 5) is 36.0. The third-order valence-electron chi connectivity index (χ3n) is 3.66. The summed E-state index contributed by atoms with van der Waals surface area (Å²) in [5, 5.41) is 11.1. The maximum atomic E-state index is 12.1. The number of hydrogen-bond acceptors (Lipinski definition) is 5. The molecule has 124 valence electrons. The summed E-state index contributed by atoms with van der Waals surface area (Å²) >= 11 is 5.69. The molecule has 0 aliphatic carbocycles. The molecule has 0 unspecified atom stereocenters. The Morgan fingerprint density at radius 3 is 2.48 bits per heavy atom. The average Bonchev–Trinajstić information content (AvgIpc) is 2.81. The van der Waals surface area contributed by atoms with Crippen LogP contribution in [-0.4, -0.2) is 41.4 Å². The monoisotopic (exact) mass is 340 g/mol. The molecule has 23 heavy (non-hydrogen) atoms. The van der Waals surface area contributed by atoms with Crippen LogP contribution in [0.2, 0.25) is 5.02 Å². The zero-order valence-electron chi connectivity index (χ0n) is 12.5. The summed E-state index contributed by atoms with van der Waals surface area (Å²) in [6, 6.07) is 3.66. The molecule has 1 saturated heterocycles. The van der Waals surface area contributed by atoms with Crippen LogP contribution in [0.1, 0.15) is 36.0 Å². The van der Waals surface area contributed by atoms with Gasteiger partial charge in [-0.05, 0) is 25.0 Å². The third kappa shape index (κ3) is 4.66. The van der Waals surface area contributed by atoms with Crippen molar-refractivity contribution in [3.63, 3.8) is 0 Å². The molecule has 1 aromatic carbocycles. The van der Waals surface area contributed by atoms with Gasteiger partial charge >= 0.3 is 5.97 Å². The topological polar surface area (TPSA) is 89.8 Å². The number of amides is 1. The van der Waals surface area contributed by atoms with E-state index >= 15 is 0 Å². The van der Waals surface area contributed by atoms with Crippen molar-refractivity contribution in [3.05, 3.63) is 38.9 Å². The Hall–Kier alpha value is -2.15. The van der Waals surface area contributed by atoms with Gasteiger partial charge in [0.25, 0.3) is 11.6 Å². The largest absolute Gasteiger partial charge is 0.452 e. The molecule has 0 spiro atoms. The molecule has 1 aromatic rings. The van der Waals surface area contributed by atoms with Gasteiger partial charge in [-0.2, -0.15) is 0 Å². The van der Waals surface area contributed by atoms with E-state index in [0.29, 0.717) is 13.1 Å². The predicted molar refractivity (Wildman–Crippen MR) is 83.4 cm³/mol. The molecule has 0 bridgehead atoms. The van der Waals surface area contributed by atoms with Gasteiger partial charge in [0, 0.05) is 24.2 Å². The molecule has 1 aliphatic rings. The highest BCUT2D eigenvalue weighted by atomic mass is 35.5. The molecule has 8 heteroatoms. The van der Waals surface area contributed by atoms with E-state index in [0.717, 1.165) is 31.7 Å². The number of nitrogens with zero attached hydrogens (tertiary/aromatic N) is 2. The Morgan fingerprint density at radius 1 is 1.22 bits per heavy atom. The fraction of sp³-hybridized carbons (Fsp3) is 0.467. The van der Waals surface area contributed by atoms with Gasteiger partial charge in [-0.15, -0.1) is 0 Å². The van der Waals surface area contributed by atoms with Crippen LogP contribution in [0.15, 0.2) is 18.2 Å². The maximum Gasteiger partial charge on any atom is 0.345 e. The van der Waals surface area contributed by atoms with Gasteiger partial charge in [0.05, 0.1) is 4.92 Å². The minimum atomic E-state index is -0.906. The highest BCUT2D eigenvalue weighted by Gasteiger charge is 2.23. The second kappa shape index (κ2) is 7.92. The zero-order chi connectivity index (χ0) is 16.8. The zero-order valence-corrected chi connectivity index (χ0v) is 13.3. The van der Waals surface area contributed by atoms with Crippen molar-refractivity contribution in [1.82, 2.24) is 4.90 Å². The third-order valence-corrected chi connectivity index (χ3v) is 3.90. The van der Waals surface area contributed by atoms with Crippen LogP contribution < -0.4 is 0 Å². The van der Waals surface area contributed by atoms with Gasteiger partial charge in [-0.3, -0.25) is 14.9 Å². The van der Waals surface area contributed by atoms with Crippen LogP contribution in [0.4, 0.5) is 5.69 Å². The molecule has 1 fully saturated rings. The number of hydrogen-bond donors (Lipinski definition) is 0.